The third kappa shape index (κ3) is 2.63. The molecule has 0 aliphatic heterocycles. The fourth-order valence-corrected chi connectivity index (χ4v) is 3.51. The molecular weight excluding hydrogens is 236 g/mol. The van der Waals surface area contributed by atoms with Gasteiger partial charge in [0.05, 0.1) is 5.54 Å². The summed E-state index contributed by atoms with van der Waals surface area (Å²) >= 11 is 1.68. The van der Waals surface area contributed by atoms with Crippen LogP contribution in [0.5, 0.6) is 0 Å². The number of imidazole rings is 1. The molecule has 1 aliphatic rings. The van der Waals surface area contributed by atoms with Gasteiger partial charge in [-0.25, -0.2) is 4.98 Å². The molecule has 0 aromatic carbocycles. The molecule has 17 heavy (non-hydrogen) atoms. The Morgan fingerprint density at radius 3 is 3.06 bits per heavy atom. The molecule has 1 fully saturated rings. The first kappa shape index (κ1) is 12.4. The molecule has 2 atom stereocenters. The number of nitrogens with zero attached hydrogens (tertiary/aromatic N) is 2. The first-order chi connectivity index (χ1) is 8.01. The lowest BCUT2D eigenvalue weighted by molar-refractivity contribution is -0.124. The van der Waals surface area contributed by atoms with E-state index in [0.717, 1.165) is 18.0 Å². The number of hydrogen-bond donors (Lipinski definition) is 2. The average molecular weight is 254 g/mol. The molecule has 1 aromatic heterocycles. The highest BCUT2D eigenvalue weighted by atomic mass is 32.2. The lowest BCUT2D eigenvalue weighted by Gasteiger charge is -2.34. The van der Waals surface area contributed by atoms with Gasteiger partial charge in [0.1, 0.15) is 0 Å². The minimum absolute atomic E-state index is 0.322. The zero-order valence-corrected chi connectivity index (χ0v) is 10.7. The van der Waals surface area contributed by atoms with Crippen LogP contribution < -0.4 is 11.5 Å². The van der Waals surface area contributed by atoms with E-state index in [-0.39, 0.29) is 5.91 Å². The normalized spacial score (nSPS) is 29.2. The van der Waals surface area contributed by atoms with E-state index >= 15 is 0 Å². The second kappa shape index (κ2) is 4.70. The topological polar surface area (TPSA) is 86.9 Å². The highest BCUT2D eigenvalue weighted by Gasteiger charge is 2.38. The second-order valence-corrected chi connectivity index (χ2v) is 5.94. The van der Waals surface area contributed by atoms with Gasteiger partial charge in [-0.2, -0.15) is 0 Å². The van der Waals surface area contributed by atoms with Gasteiger partial charge in [0.2, 0.25) is 5.91 Å². The monoisotopic (exact) mass is 254 g/mol. The average Bonchev–Trinajstić information content (AvgIpc) is 2.64. The number of hydrogen-bond acceptors (Lipinski definition) is 4. The summed E-state index contributed by atoms with van der Waals surface area (Å²) in [6.07, 6.45) is 7.02. The van der Waals surface area contributed by atoms with Gasteiger partial charge >= 0.3 is 0 Å². The summed E-state index contributed by atoms with van der Waals surface area (Å²) in [5.41, 5.74) is 10.6. The van der Waals surface area contributed by atoms with Crippen molar-refractivity contribution in [2.24, 2.45) is 18.5 Å². The SMILES string of the molecule is Cn1ccnc1SC1CCCC(N)(C(N)=O)C1. The van der Waals surface area contributed by atoms with Gasteiger partial charge < -0.3 is 16.0 Å². The minimum atomic E-state index is -0.832. The third-order valence-corrected chi connectivity index (χ3v) is 4.62. The lowest BCUT2D eigenvalue weighted by atomic mass is 9.82. The molecule has 1 aromatic rings. The predicted molar refractivity (Wildman–Crippen MR) is 67.4 cm³/mol. The van der Waals surface area contributed by atoms with Crippen LogP contribution in [0.1, 0.15) is 25.7 Å². The number of primary amides is 1. The second-order valence-electron chi connectivity index (χ2n) is 4.68. The molecule has 0 saturated heterocycles. The molecule has 5 nitrogen and oxygen atoms in total. The largest absolute Gasteiger partial charge is 0.368 e. The van der Waals surface area contributed by atoms with Crippen molar-refractivity contribution < 1.29 is 4.79 Å². The zero-order chi connectivity index (χ0) is 12.5. The van der Waals surface area contributed by atoms with E-state index in [9.17, 15) is 4.79 Å². The van der Waals surface area contributed by atoms with Crippen LogP contribution in [0.4, 0.5) is 0 Å². The molecular formula is C11H18N4OS. The Labute approximate surface area is 105 Å². The number of aryl methyl sites for hydroxylation is 1. The fourth-order valence-electron chi connectivity index (χ4n) is 2.19. The van der Waals surface area contributed by atoms with E-state index in [1.165, 1.54) is 0 Å². The molecule has 1 aliphatic carbocycles. The van der Waals surface area contributed by atoms with Gasteiger partial charge in [-0.15, -0.1) is 0 Å². The Kier molecular flexibility index (Phi) is 3.44. The molecule has 1 saturated carbocycles. The number of carbonyl (C=O) groups is 1. The van der Waals surface area contributed by atoms with Crippen molar-refractivity contribution in [3.05, 3.63) is 12.4 Å². The van der Waals surface area contributed by atoms with Crippen LogP contribution in [0.25, 0.3) is 0 Å². The molecule has 2 unspecified atom stereocenters. The van der Waals surface area contributed by atoms with Crippen LogP contribution >= 0.6 is 11.8 Å². The molecule has 2 rings (SSSR count). The van der Waals surface area contributed by atoms with Crippen molar-refractivity contribution in [1.29, 1.82) is 0 Å². The Balaban J connectivity index is 2.03. The van der Waals surface area contributed by atoms with Crippen LogP contribution in [0.3, 0.4) is 0 Å². The van der Waals surface area contributed by atoms with Crippen LogP contribution in [-0.4, -0.2) is 26.2 Å². The first-order valence-corrected chi connectivity index (χ1v) is 6.62. The van der Waals surface area contributed by atoms with Gasteiger partial charge in [0.15, 0.2) is 5.16 Å². The molecule has 6 heteroatoms. The number of rotatable bonds is 3. The van der Waals surface area contributed by atoms with Crippen molar-refractivity contribution in [3.8, 4) is 0 Å². The zero-order valence-electron chi connectivity index (χ0n) is 9.93. The number of amides is 1. The maximum Gasteiger partial charge on any atom is 0.237 e. The van der Waals surface area contributed by atoms with E-state index < -0.39 is 5.54 Å². The Morgan fingerprint density at radius 2 is 2.47 bits per heavy atom. The van der Waals surface area contributed by atoms with Gasteiger partial charge in [-0.05, 0) is 25.7 Å². The quantitative estimate of drug-likeness (QED) is 0.828. The summed E-state index contributed by atoms with van der Waals surface area (Å²) in [6.45, 7) is 0. The van der Waals surface area contributed by atoms with E-state index in [4.69, 9.17) is 11.5 Å². The lowest BCUT2D eigenvalue weighted by Crippen LogP contribution is -2.55. The maximum atomic E-state index is 11.4. The highest BCUT2D eigenvalue weighted by Crippen LogP contribution is 2.36. The van der Waals surface area contributed by atoms with Crippen LogP contribution in [0.15, 0.2) is 17.6 Å². The van der Waals surface area contributed by atoms with E-state index in [1.54, 1.807) is 18.0 Å². The molecule has 1 heterocycles. The fraction of sp³-hybridized carbons (Fsp3) is 0.636. The summed E-state index contributed by atoms with van der Waals surface area (Å²) in [5.74, 6) is -0.386. The summed E-state index contributed by atoms with van der Waals surface area (Å²) < 4.78 is 1.97. The summed E-state index contributed by atoms with van der Waals surface area (Å²) in [4.78, 5) is 15.6. The van der Waals surface area contributed by atoms with Crippen LogP contribution in [0.2, 0.25) is 0 Å². The molecule has 4 N–H and O–H groups in total. The van der Waals surface area contributed by atoms with Crippen molar-refractivity contribution in [2.45, 2.75) is 41.6 Å². The van der Waals surface area contributed by atoms with Crippen LogP contribution in [-0.2, 0) is 11.8 Å². The highest BCUT2D eigenvalue weighted by molar-refractivity contribution is 7.99. The molecule has 0 bridgehead atoms. The first-order valence-electron chi connectivity index (χ1n) is 5.74. The number of aromatic nitrogens is 2. The Bertz CT molecular complexity index is 419. The minimum Gasteiger partial charge on any atom is -0.368 e. The standard InChI is InChI=1S/C11H18N4OS/c1-15-6-5-14-10(15)17-8-3-2-4-11(13,7-8)9(12)16/h5-6,8H,2-4,7,13H2,1H3,(H2,12,16). The molecule has 0 radical (unpaired) electrons. The van der Waals surface area contributed by atoms with E-state index in [1.807, 2.05) is 17.8 Å². The number of carbonyl (C=O) groups excluding carboxylic acids is 1. The van der Waals surface area contributed by atoms with E-state index in [2.05, 4.69) is 4.98 Å². The smallest absolute Gasteiger partial charge is 0.237 e. The summed E-state index contributed by atoms with van der Waals surface area (Å²) in [7, 11) is 1.96. The predicted octanol–water partition coefficient (Wildman–Crippen LogP) is 0.638. The Morgan fingerprint density at radius 1 is 1.71 bits per heavy atom. The number of nitrogens with two attached hydrogens (primary N) is 2. The maximum absolute atomic E-state index is 11.4. The van der Waals surface area contributed by atoms with Crippen molar-refractivity contribution >= 4 is 17.7 Å². The molecule has 0 spiro atoms. The van der Waals surface area contributed by atoms with Crippen molar-refractivity contribution in [2.75, 3.05) is 0 Å². The van der Waals surface area contributed by atoms with Gasteiger partial charge in [-0.3, -0.25) is 4.79 Å². The van der Waals surface area contributed by atoms with Gasteiger partial charge in [0.25, 0.3) is 0 Å². The number of thioether (sulfide) groups is 1. The summed E-state index contributed by atoms with van der Waals surface area (Å²) in [5, 5.41) is 1.28. The Hall–Kier alpha value is -1.01. The van der Waals surface area contributed by atoms with Crippen LogP contribution in [0, 0.1) is 0 Å². The van der Waals surface area contributed by atoms with Gasteiger partial charge in [-0.1, -0.05) is 11.8 Å². The third-order valence-electron chi connectivity index (χ3n) is 3.28. The van der Waals surface area contributed by atoms with Crippen molar-refractivity contribution in [1.82, 2.24) is 9.55 Å². The van der Waals surface area contributed by atoms with Crippen molar-refractivity contribution in [3.63, 3.8) is 0 Å². The van der Waals surface area contributed by atoms with E-state index in [0.29, 0.717) is 18.1 Å². The van der Waals surface area contributed by atoms with Gasteiger partial charge in [0, 0.05) is 24.7 Å². The summed E-state index contributed by atoms with van der Waals surface area (Å²) in [6, 6.07) is 0. The molecule has 94 valence electrons. The molecule has 1 amide bonds.